The Morgan fingerprint density at radius 2 is 2.00 bits per heavy atom. The minimum Gasteiger partial charge on any atom is -0.481 e. The molecular formula is C19H25NO4S. The molecule has 1 N–H and O–H groups in total. The van der Waals surface area contributed by atoms with Gasteiger partial charge in [-0.05, 0) is 37.3 Å². The number of hydrogen-bond acceptors (Lipinski definition) is 3. The Morgan fingerprint density at radius 3 is 2.52 bits per heavy atom. The van der Waals surface area contributed by atoms with Crippen LogP contribution in [0.1, 0.15) is 18.9 Å². The highest BCUT2D eigenvalue weighted by molar-refractivity contribution is 7.89. The van der Waals surface area contributed by atoms with Gasteiger partial charge in [-0.25, -0.2) is 8.42 Å². The van der Waals surface area contributed by atoms with Gasteiger partial charge in [0.15, 0.2) is 0 Å². The maximum absolute atomic E-state index is 12.9. The fourth-order valence-corrected chi connectivity index (χ4v) is 4.74. The van der Waals surface area contributed by atoms with E-state index in [2.05, 4.69) is 6.58 Å². The van der Waals surface area contributed by atoms with Crippen LogP contribution in [0.4, 0.5) is 0 Å². The molecule has 1 aliphatic heterocycles. The topological polar surface area (TPSA) is 74.7 Å². The van der Waals surface area contributed by atoms with Crippen molar-refractivity contribution in [2.24, 2.45) is 17.8 Å². The predicted octanol–water partition coefficient (Wildman–Crippen LogP) is 3.08. The summed E-state index contributed by atoms with van der Waals surface area (Å²) < 4.78 is 27.2. The Kier molecular flexibility index (Phi) is 6.19. The number of allylic oxidation sites excluding steroid dienone is 1. The van der Waals surface area contributed by atoms with Crippen molar-refractivity contribution in [3.05, 3.63) is 54.6 Å². The van der Waals surface area contributed by atoms with Crippen LogP contribution in [0.2, 0.25) is 0 Å². The monoisotopic (exact) mass is 363 g/mol. The highest BCUT2D eigenvalue weighted by atomic mass is 32.2. The van der Waals surface area contributed by atoms with E-state index in [1.54, 1.807) is 24.3 Å². The number of nitrogens with zero attached hydrogens (tertiary/aromatic N) is 1. The number of aryl methyl sites for hydroxylation is 1. The first kappa shape index (κ1) is 19.4. The van der Waals surface area contributed by atoms with E-state index < -0.39 is 21.9 Å². The Balaban J connectivity index is 2.34. The lowest BCUT2D eigenvalue weighted by Crippen LogP contribution is -2.31. The molecule has 0 aliphatic carbocycles. The third-order valence-electron chi connectivity index (χ3n) is 4.66. The number of sulfonamides is 1. The largest absolute Gasteiger partial charge is 0.481 e. The number of carboxylic acids is 1. The third kappa shape index (κ3) is 4.19. The van der Waals surface area contributed by atoms with Gasteiger partial charge in [0, 0.05) is 13.1 Å². The lowest BCUT2D eigenvalue weighted by atomic mass is 9.83. The summed E-state index contributed by atoms with van der Waals surface area (Å²) in [6, 6.07) is 6.71. The minimum absolute atomic E-state index is 0.140. The molecule has 1 fully saturated rings. The molecule has 0 saturated carbocycles. The minimum atomic E-state index is -3.64. The number of aliphatic carboxylic acids is 1. The Labute approximate surface area is 149 Å². The number of carboxylic acid groups (broad SMARTS) is 1. The van der Waals surface area contributed by atoms with Crippen LogP contribution in [0, 0.1) is 24.7 Å². The molecule has 25 heavy (non-hydrogen) atoms. The number of hydrogen-bond donors (Lipinski definition) is 1. The molecule has 6 heteroatoms. The van der Waals surface area contributed by atoms with E-state index in [1.165, 1.54) is 10.4 Å². The van der Waals surface area contributed by atoms with Gasteiger partial charge in [-0.3, -0.25) is 4.79 Å². The molecule has 2 rings (SSSR count). The summed E-state index contributed by atoms with van der Waals surface area (Å²) in [6.45, 7) is 7.98. The second-order valence-corrected chi connectivity index (χ2v) is 8.34. The van der Waals surface area contributed by atoms with Gasteiger partial charge in [0.05, 0.1) is 10.8 Å². The molecule has 0 aromatic heterocycles. The second-order valence-electron chi connectivity index (χ2n) is 6.40. The average molecular weight is 363 g/mol. The third-order valence-corrected chi connectivity index (χ3v) is 6.50. The fourth-order valence-electron chi connectivity index (χ4n) is 3.22. The van der Waals surface area contributed by atoms with Crippen molar-refractivity contribution in [2.75, 3.05) is 13.1 Å². The molecule has 0 radical (unpaired) electrons. The van der Waals surface area contributed by atoms with Gasteiger partial charge >= 0.3 is 5.97 Å². The first-order chi connectivity index (χ1) is 11.8. The summed E-state index contributed by atoms with van der Waals surface area (Å²) in [5, 5.41) is 9.45. The molecule has 3 atom stereocenters. The van der Waals surface area contributed by atoms with Crippen molar-refractivity contribution in [1.29, 1.82) is 0 Å². The molecule has 136 valence electrons. The van der Waals surface area contributed by atoms with Gasteiger partial charge in [0.2, 0.25) is 10.0 Å². The van der Waals surface area contributed by atoms with Crippen LogP contribution < -0.4 is 0 Å². The molecule has 1 aromatic rings. The van der Waals surface area contributed by atoms with Crippen LogP contribution in [0.5, 0.6) is 0 Å². The molecule has 0 bridgehead atoms. The lowest BCUT2D eigenvalue weighted by molar-refractivity contribution is -0.141. The molecule has 1 aliphatic rings. The standard InChI is InChI=1S/C19H25NO4S/c1-4-6-7-15-12-20(13-18(15)17(5-2)19(21)22)25(23,24)16-10-8-14(3)9-11-16/h5-11,15,17-18H,2,4,12-13H2,1,3H3,(H,21,22)/b7-6+/t15-,17-,18-/m0/s1. The Bertz CT molecular complexity index is 752. The van der Waals surface area contributed by atoms with E-state index in [0.29, 0.717) is 0 Å². The first-order valence-corrected chi connectivity index (χ1v) is 9.84. The fraction of sp³-hybridized carbons (Fsp3) is 0.421. The maximum Gasteiger partial charge on any atom is 0.310 e. The van der Waals surface area contributed by atoms with E-state index >= 15 is 0 Å². The van der Waals surface area contributed by atoms with Gasteiger partial charge in [-0.1, -0.05) is 42.8 Å². The Hall–Kier alpha value is -1.92. The van der Waals surface area contributed by atoms with Crippen LogP contribution in [0.15, 0.2) is 54.0 Å². The molecule has 0 unspecified atom stereocenters. The lowest BCUT2D eigenvalue weighted by Gasteiger charge is -2.20. The van der Waals surface area contributed by atoms with Gasteiger partial charge in [-0.2, -0.15) is 4.31 Å². The van der Waals surface area contributed by atoms with Crippen molar-refractivity contribution in [3.63, 3.8) is 0 Å². The Morgan fingerprint density at radius 1 is 1.36 bits per heavy atom. The molecule has 1 aromatic carbocycles. The normalized spacial score (nSPS) is 23.0. The smallest absolute Gasteiger partial charge is 0.310 e. The van der Waals surface area contributed by atoms with Crippen LogP contribution in [-0.2, 0) is 14.8 Å². The molecule has 1 heterocycles. The second kappa shape index (κ2) is 7.97. The van der Waals surface area contributed by atoms with E-state index in [0.717, 1.165) is 12.0 Å². The SMILES string of the molecule is C=C[C@H](C(=O)O)[C@H]1CN(S(=O)(=O)c2ccc(C)cc2)C[C@@H]1/C=C/CC. The van der Waals surface area contributed by atoms with Gasteiger partial charge in [0.1, 0.15) is 0 Å². The molecule has 5 nitrogen and oxygen atoms in total. The molecular weight excluding hydrogens is 338 g/mol. The zero-order valence-electron chi connectivity index (χ0n) is 14.6. The predicted molar refractivity (Wildman–Crippen MR) is 97.7 cm³/mol. The summed E-state index contributed by atoms with van der Waals surface area (Å²) in [5.74, 6) is -2.20. The van der Waals surface area contributed by atoms with Gasteiger partial charge < -0.3 is 5.11 Å². The van der Waals surface area contributed by atoms with Gasteiger partial charge in [0.25, 0.3) is 0 Å². The van der Waals surface area contributed by atoms with E-state index in [-0.39, 0.29) is 29.8 Å². The highest BCUT2D eigenvalue weighted by Crippen LogP contribution is 2.35. The quantitative estimate of drug-likeness (QED) is 0.756. The zero-order chi connectivity index (χ0) is 18.6. The average Bonchev–Trinajstić information content (AvgIpc) is 2.98. The summed E-state index contributed by atoms with van der Waals surface area (Å²) in [7, 11) is -3.64. The van der Waals surface area contributed by atoms with Crippen molar-refractivity contribution < 1.29 is 18.3 Å². The van der Waals surface area contributed by atoms with E-state index in [1.807, 2.05) is 26.0 Å². The zero-order valence-corrected chi connectivity index (χ0v) is 15.4. The van der Waals surface area contributed by atoms with Crippen LogP contribution >= 0.6 is 0 Å². The molecule has 0 amide bonds. The van der Waals surface area contributed by atoms with Crippen molar-refractivity contribution in [1.82, 2.24) is 4.31 Å². The van der Waals surface area contributed by atoms with Gasteiger partial charge in [-0.15, -0.1) is 6.58 Å². The van der Waals surface area contributed by atoms with Crippen LogP contribution in [0.25, 0.3) is 0 Å². The maximum atomic E-state index is 12.9. The number of carbonyl (C=O) groups is 1. The van der Waals surface area contributed by atoms with Crippen molar-refractivity contribution in [2.45, 2.75) is 25.2 Å². The summed E-state index contributed by atoms with van der Waals surface area (Å²) >= 11 is 0. The van der Waals surface area contributed by atoms with Crippen LogP contribution in [-0.4, -0.2) is 36.9 Å². The number of rotatable bonds is 7. The number of benzene rings is 1. The summed E-state index contributed by atoms with van der Waals surface area (Å²) in [6.07, 6.45) is 6.12. The van der Waals surface area contributed by atoms with Crippen molar-refractivity contribution >= 4 is 16.0 Å². The molecule has 0 spiro atoms. The summed E-state index contributed by atoms with van der Waals surface area (Å²) in [4.78, 5) is 11.8. The van der Waals surface area contributed by atoms with Crippen LogP contribution in [0.3, 0.4) is 0 Å². The van der Waals surface area contributed by atoms with E-state index in [9.17, 15) is 18.3 Å². The van der Waals surface area contributed by atoms with E-state index in [4.69, 9.17) is 0 Å². The first-order valence-electron chi connectivity index (χ1n) is 8.40. The summed E-state index contributed by atoms with van der Waals surface area (Å²) in [5.41, 5.74) is 0.986. The van der Waals surface area contributed by atoms with Crippen molar-refractivity contribution in [3.8, 4) is 0 Å². The molecule has 1 saturated heterocycles. The highest BCUT2D eigenvalue weighted by Gasteiger charge is 2.43.